The molecule has 2 aromatic carbocycles. The van der Waals surface area contributed by atoms with E-state index >= 15 is 0 Å². The molecular weight excluding hydrogens is 384 g/mol. The van der Waals surface area contributed by atoms with Crippen LogP contribution in [-0.2, 0) is 0 Å². The minimum absolute atomic E-state index is 0.196. The molecule has 0 bridgehead atoms. The van der Waals surface area contributed by atoms with Crippen molar-refractivity contribution < 1.29 is 0 Å². The summed E-state index contributed by atoms with van der Waals surface area (Å²) in [6.45, 7) is 7.76. The van der Waals surface area contributed by atoms with E-state index in [1.54, 1.807) is 0 Å². The lowest BCUT2D eigenvalue weighted by atomic mass is 10.1. The van der Waals surface area contributed by atoms with Gasteiger partial charge in [-0.15, -0.1) is 0 Å². The Hall–Kier alpha value is -2.18. The molecule has 148 valence electrons. The van der Waals surface area contributed by atoms with E-state index in [1.807, 2.05) is 12.1 Å². The van der Waals surface area contributed by atoms with E-state index in [1.165, 1.54) is 11.1 Å². The number of rotatable bonds is 4. The molecule has 0 amide bonds. The third kappa shape index (κ3) is 5.42. The van der Waals surface area contributed by atoms with E-state index in [4.69, 9.17) is 24.4 Å². The quantitative estimate of drug-likeness (QED) is 0.742. The van der Waals surface area contributed by atoms with Crippen molar-refractivity contribution in [1.29, 1.82) is 0 Å². The summed E-state index contributed by atoms with van der Waals surface area (Å²) in [5.41, 5.74) is 2.48. The second kappa shape index (κ2) is 9.85. The van der Waals surface area contributed by atoms with E-state index in [2.05, 4.69) is 82.8 Å². The van der Waals surface area contributed by atoms with E-state index in [0.29, 0.717) is 0 Å². The second-order valence-electron chi connectivity index (χ2n) is 7.14. The molecule has 1 heterocycles. The van der Waals surface area contributed by atoms with Crippen molar-refractivity contribution in [3.05, 3.63) is 71.8 Å². The van der Waals surface area contributed by atoms with Gasteiger partial charge >= 0.3 is 0 Å². The summed E-state index contributed by atoms with van der Waals surface area (Å²) in [5.74, 6) is 0. The molecule has 2 aromatic rings. The summed E-state index contributed by atoms with van der Waals surface area (Å²) in [5, 5.41) is 8.53. The molecule has 0 aromatic heterocycles. The van der Waals surface area contributed by atoms with E-state index in [0.717, 1.165) is 36.4 Å². The molecule has 28 heavy (non-hydrogen) atoms. The van der Waals surface area contributed by atoms with Crippen molar-refractivity contribution >= 4 is 34.7 Å². The number of hydrogen-bond donors (Lipinski definition) is 2. The molecule has 4 nitrogen and oxygen atoms in total. The molecule has 1 fully saturated rings. The molecule has 0 unspecified atom stereocenters. The Bertz CT molecular complexity index is 706. The van der Waals surface area contributed by atoms with Crippen LogP contribution < -0.4 is 10.6 Å². The van der Waals surface area contributed by atoms with Crippen molar-refractivity contribution in [3.8, 4) is 0 Å². The van der Waals surface area contributed by atoms with Gasteiger partial charge in [0.05, 0.1) is 12.1 Å². The van der Waals surface area contributed by atoms with Crippen molar-refractivity contribution in [3.63, 3.8) is 0 Å². The molecular formula is C22H28N4S2. The highest BCUT2D eigenvalue weighted by atomic mass is 32.1. The van der Waals surface area contributed by atoms with Crippen LogP contribution in [0.1, 0.15) is 37.1 Å². The smallest absolute Gasteiger partial charge is 0.169 e. The molecule has 6 heteroatoms. The predicted molar refractivity (Wildman–Crippen MR) is 124 cm³/mol. The van der Waals surface area contributed by atoms with Gasteiger partial charge in [-0.05, 0) is 49.4 Å². The van der Waals surface area contributed by atoms with E-state index in [-0.39, 0.29) is 12.1 Å². The van der Waals surface area contributed by atoms with Gasteiger partial charge in [-0.2, -0.15) is 0 Å². The van der Waals surface area contributed by atoms with Gasteiger partial charge in [0.1, 0.15) is 0 Å². The van der Waals surface area contributed by atoms with Crippen LogP contribution in [0.4, 0.5) is 0 Å². The van der Waals surface area contributed by atoms with Gasteiger partial charge in [-0.1, -0.05) is 60.7 Å². The normalized spacial score (nSPS) is 16.2. The Morgan fingerprint density at radius 2 is 1.00 bits per heavy atom. The van der Waals surface area contributed by atoms with Crippen LogP contribution >= 0.6 is 24.4 Å². The maximum atomic E-state index is 5.64. The maximum absolute atomic E-state index is 5.64. The molecule has 2 N–H and O–H groups in total. The first-order valence-electron chi connectivity index (χ1n) is 9.75. The van der Waals surface area contributed by atoms with Gasteiger partial charge < -0.3 is 20.4 Å². The zero-order chi connectivity index (χ0) is 19.9. The number of nitrogens with one attached hydrogen (secondary N) is 2. The zero-order valence-corrected chi connectivity index (χ0v) is 18.1. The van der Waals surface area contributed by atoms with E-state index in [9.17, 15) is 0 Å². The van der Waals surface area contributed by atoms with Crippen LogP contribution in [0.15, 0.2) is 60.7 Å². The van der Waals surface area contributed by atoms with Crippen molar-refractivity contribution in [2.45, 2.75) is 25.9 Å². The zero-order valence-electron chi connectivity index (χ0n) is 16.5. The standard InChI is InChI=1S/C22H28N4S2/c1-17(19-9-5-3-6-10-19)23-21(27)25-13-15-26(16-14-25)22(28)24-18(2)20-11-7-4-8-12-20/h3-12,17-18H,13-16H2,1-2H3,(H,23,27)(H,24,28)/t17-,18+. The minimum atomic E-state index is 0.196. The van der Waals surface area contributed by atoms with Gasteiger partial charge in [0.2, 0.25) is 0 Å². The van der Waals surface area contributed by atoms with Gasteiger partial charge in [0.15, 0.2) is 10.2 Å². The van der Waals surface area contributed by atoms with Gasteiger partial charge in [-0.3, -0.25) is 0 Å². The summed E-state index contributed by atoms with van der Waals surface area (Å²) in [4.78, 5) is 4.46. The van der Waals surface area contributed by atoms with Crippen LogP contribution in [-0.4, -0.2) is 46.2 Å². The highest BCUT2D eigenvalue weighted by Crippen LogP contribution is 2.14. The van der Waals surface area contributed by atoms with Crippen molar-refractivity contribution in [1.82, 2.24) is 20.4 Å². The summed E-state index contributed by atoms with van der Waals surface area (Å²) in [6, 6.07) is 21.2. The molecule has 0 spiro atoms. The average Bonchev–Trinajstić information content (AvgIpc) is 2.75. The van der Waals surface area contributed by atoms with Crippen LogP contribution in [0, 0.1) is 0 Å². The predicted octanol–water partition coefficient (Wildman–Crippen LogP) is 3.88. The molecule has 1 aliphatic rings. The fraction of sp³-hybridized carbons (Fsp3) is 0.364. The summed E-state index contributed by atoms with van der Waals surface area (Å²) < 4.78 is 0. The topological polar surface area (TPSA) is 30.5 Å². The lowest BCUT2D eigenvalue weighted by Crippen LogP contribution is -2.55. The van der Waals surface area contributed by atoms with Crippen molar-refractivity contribution in [2.75, 3.05) is 26.2 Å². The molecule has 2 atom stereocenters. The van der Waals surface area contributed by atoms with E-state index < -0.39 is 0 Å². The Morgan fingerprint density at radius 1 is 0.679 bits per heavy atom. The molecule has 0 aliphatic carbocycles. The molecule has 0 saturated carbocycles. The largest absolute Gasteiger partial charge is 0.356 e. The first-order valence-corrected chi connectivity index (χ1v) is 10.6. The van der Waals surface area contributed by atoms with Crippen molar-refractivity contribution in [2.24, 2.45) is 0 Å². The molecule has 1 saturated heterocycles. The first kappa shape index (κ1) is 20.6. The Kier molecular flexibility index (Phi) is 7.23. The SMILES string of the molecule is C[C@H](NC(=S)N1CCN(C(=S)N[C@H](C)c2ccccc2)CC1)c1ccccc1. The van der Waals surface area contributed by atoms with Crippen LogP contribution in [0.5, 0.6) is 0 Å². The first-order chi connectivity index (χ1) is 13.5. The lowest BCUT2D eigenvalue weighted by Gasteiger charge is -2.38. The highest BCUT2D eigenvalue weighted by Gasteiger charge is 2.22. The highest BCUT2D eigenvalue weighted by molar-refractivity contribution is 7.80. The van der Waals surface area contributed by atoms with Crippen LogP contribution in [0.3, 0.4) is 0 Å². The number of nitrogens with zero attached hydrogens (tertiary/aromatic N) is 2. The monoisotopic (exact) mass is 412 g/mol. The number of thiocarbonyl (C=S) groups is 2. The Balaban J connectivity index is 1.46. The number of piperazine rings is 1. The lowest BCUT2D eigenvalue weighted by molar-refractivity contribution is 0.252. The molecule has 1 aliphatic heterocycles. The fourth-order valence-electron chi connectivity index (χ4n) is 3.32. The third-order valence-electron chi connectivity index (χ3n) is 5.13. The minimum Gasteiger partial charge on any atom is -0.356 e. The summed E-state index contributed by atoms with van der Waals surface area (Å²) >= 11 is 11.3. The molecule has 0 radical (unpaired) electrons. The Labute approximate surface area is 178 Å². The van der Waals surface area contributed by atoms with Crippen LogP contribution in [0.25, 0.3) is 0 Å². The Morgan fingerprint density at radius 3 is 1.32 bits per heavy atom. The second-order valence-corrected chi connectivity index (χ2v) is 7.91. The fourth-order valence-corrected chi connectivity index (χ4v) is 4.03. The summed E-state index contributed by atoms with van der Waals surface area (Å²) in [6.07, 6.45) is 0. The van der Waals surface area contributed by atoms with Gasteiger partial charge in [0, 0.05) is 26.2 Å². The maximum Gasteiger partial charge on any atom is 0.169 e. The van der Waals surface area contributed by atoms with Gasteiger partial charge in [-0.25, -0.2) is 0 Å². The summed E-state index contributed by atoms with van der Waals surface area (Å²) in [7, 11) is 0. The average molecular weight is 413 g/mol. The number of benzene rings is 2. The van der Waals surface area contributed by atoms with Gasteiger partial charge in [0.25, 0.3) is 0 Å². The number of hydrogen-bond acceptors (Lipinski definition) is 2. The molecule has 3 rings (SSSR count). The van der Waals surface area contributed by atoms with Crippen LogP contribution in [0.2, 0.25) is 0 Å². The third-order valence-corrected chi connectivity index (χ3v) is 5.89.